The molecule has 0 unspecified atom stereocenters. The first-order valence-corrected chi connectivity index (χ1v) is 9.96. The van der Waals surface area contributed by atoms with E-state index >= 15 is 0 Å². The second kappa shape index (κ2) is 12.5. The minimum absolute atomic E-state index is 0. The first kappa shape index (κ1) is 24.1. The normalized spacial score (nSPS) is 16.2. The summed E-state index contributed by atoms with van der Waals surface area (Å²) in [7, 11) is 3.77. The maximum absolute atomic E-state index is 5.34. The zero-order valence-electron chi connectivity index (χ0n) is 17.4. The molecule has 1 aliphatic rings. The lowest BCUT2D eigenvalue weighted by molar-refractivity contribution is 0.138. The van der Waals surface area contributed by atoms with Gasteiger partial charge in [0, 0.05) is 33.9 Å². The van der Waals surface area contributed by atoms with E-state index in [1.807, 2.05) is 18.5 Å². The number of unbranched alkanes of at least 4 members (excludes halogenated alkanes) is 1. The molecule has 156 valence electrons. The van der Waals surface area contributed by atoms with E-state index < -0.39 is 0 Å². The maximum atomic E-state index is 5.34. The van der Waals surface area contributed by atoms with Gasteiger partial charge in [-0.05, 0) is 38.0 Å². The van der Waals surface area contributed by atoms with Gasteiger partial charge in [-0.2, -0.15) is 0 Å². The lowest BCUT2D eigenvalue weighted by atomic mass is 9.83. The number of hydrogen-bond donors (Lipinski definition) is 2. The molecule has 0 aromatic carbocycles. The Labute approximate surface area is 181 Å². The predicted octanol–water partition coefficient (Wildman–Crippen LogP) is 3.17. The molecule has 0 amide bonds. The molecular weight excluding hydrogens is 455 g/mol. The minimum Gasteiger partial charge on any atom is -0.385 e. The molecule has 2 rings (SSSR count). The van der Waals surface area contributed by atoms with E-state index in [0.717, 1.165) is 50.1 Å². The first-order valence-electron chi connectivity index (χ1n) is 9.96. The Kier molecular flexibility index (Phi) is 11.2. The van der Waals surface area contributed by atoms with Gasteiger partial charge in [-0.15, -0.1) is 34.2 Å². The summed E-state index contributed by atoms with van der Waals surface area (Å²) in [6, 6.07) is 0. The molecule has 0 atom stereocenters. The molecule has 1 heterocycles. The van der Waals surface area contributed by atoms with E-state index in [1.165, 1.54) is 32.1 Å². The van der Waals surface area contributed by atoms with E-state index in [-0.39, 0.29) is 24.0 Å². The van der Waals surface area contributed by atoms with Crippen LogP contribution in [0.2, 0.25) is 0 Å². The summed E-state index contributed by atoms with van der Waals surface area (Å²) in [5.41, 5.74) is 0.338. The number of ether oxygens (including phenoxy) is 1. The van der Waals surface area contributed by atoms with Crippen LogP contribution in [0.25, 0.3) is 0 Å². The van der Waals surface area contributed by atoms with Crippen LogP contribution in [0.4, 0.5) is 0 Å². The summed E-state index contributed by atoms with van der Waals surface area (Å²) < 4.78 is 7.33. The third-order valence-electron chi connectivity index (χ3n) is 5.52. The molecule has 0 aliphatic heterocycles. The van der Waals surface area contributed by atoms with Gasteiger partial charge in [0.15, 0.2) is 11.8 Å². The van der Waals surface area contributed by atoms with Gasteiger partial charge >= 0.3 is 0 Å². The molecular formula is C19H37IN6O. The molecule has 7 nitrogen and oxygen atoms in total. The van der Waals surface area contributed by atoms with Crippen LogP contribution in [-0.2, 0) is 18.3 Å². The lowest BCUT2D eigenvalue weighted by Gasteiger charge is -2.30. The highest BCUT2D eigenvalue weighted by Gasteiger charge is 2.33. The molecule has 1 aliphatic carbocycles. The summed E-state index contributed by atoms with van der Waals surface area (Å²) >= 11 is 0. The van der Waals surface area contributed by atoms with Crippen molar-refractivity contribution in [1.82, 2.24) is 25.4 Å². The average Bonchev–Trinajstić information content (AvgIpc) is 3.24. The molecule has 0 spiro atoms. The Balaban J connectivity index is 0.00000364. The predicted molar refractivity (Wildman–Crippen MR) is 121 cm³/mol. The molecule has 0 bridgehead atoms. The third-order valence-corrected chi connectivity index (χ3v) is 5.52. The average molecular weight is 492 g/mol. The Morgan fingerprint density at radius 1 is 1.26 bits per heavy atom. The number of rotatable bonds is 10. The van der Waals surface area contributed by atoms with Crippen molar-refractivity contribution in [2.24, 2.45) is 17.5 Å². The van der Waals surface area contributed by atoms with Crippen molar-refractivity contribution in [2.75, 3.05) is 26.8 Å². The summed E-state index contributed by atoms with van der Waals surface area (Å²) in [5.74, 6) is 2.67. The molecule has 1 aromatic heterocycles. The Hall–Kier alpha value is -0.900. The fraction of sp³-hybridized carbons (Fsp3) is 0.842. The van der Waals surface area contributed by atoms with Gasteiger partial charge in [0.25, 0.3) is 0 Å². The van der Waals surface area contributed by atoms with Gasteiger partial charge in [-0.25, -0.2) is 4.99 Å². The lowest BCUT2D eigenvalue weighted by Crippen LogP contribution is -2.43. The van der Waals surface area contributed by atoms with Crippen LogP contribution < -0.4 is 10.6 Å². The van der Waals surface area contributed by atoms with Gasteiger partial charge < -0.3 is 19.9 Å². The van der Waals surface area contributed by atoms with Crippen molar-refractivity contribution >= 4 is 29.9 Å². The van der Waals surface area contributed by atoms with Gasteiger partial charge in [0.05, 0.1) is 0 Å². The molecule has 0 saturated heterocycles. The number of nitrogens with zero attached hydrogens (tertiary/aromatic N) is 4. The number of aliphatic imine (C=N–C) groups is 1. The van der Waals surface area contributed by atoms with E-state index in [1.54, 1.807) is 7.11 Å². The van der Waals surface area contributed by atoms with Crippen LogP contribution in [0.15, 0.2) is 4.99 Å². The van der Waals surface area contributed by atoms with Gasteiger partial charge in [0.1, 0.15) is 12.4 Å². The van der Waals surface area contributed by atoms with Crippen molar-refractivity contribution in [2.45, 2.75) is 65.3 Å². The molecule has 2 N–H and O–H groups in total. The topological polar surface area (TPSA) is 76.4 Å². The highest BCUT2D eigenvalue weighted by Crippen LogP contribution is 2.40. The van der Waals surface area contributed by atoms with Crippen molar-refractivity contribution in [3.63, 3.8) is 0 Å². The Morgan fingerprint density at radius 2 is 2.00 bits per heavy atom. The number of halogens is 1. The highest BCUT2D eigenvalue weighted by molar-refractivity contribution is 14.0. The first-order chi connectivity index (χ1) is 12.6. The number of aromatic nitrogens is 3. The standard InChI is InChI=1S/C19H36N6O.HI/c1-5-6-12-20-18(21-14-17-24-23-16(2)25(17)3)22-15-19(11-13-26-4)9-7-8-10-19;/h5-15H2,1-4H3,(H2,20,21,22);1H. The second-order valence-corrected chi connectivity index (χ2v) is 7.47. The number of nitrogens with one attached hydrogen (secondary N) is 2. The number of hydrogen-bond acceptors (Lipinski definition) is 4. The highest BCUT2D eigenvalue weighted by atomic mass is 127. The smallest absolute Gasteiger partial charge is 0.191 e. The van der Waals surface area contributed by atoms with E-state index in [9.17, 15) is 0 Å². The van der Waals surface area contributed by atoms with Crippen molar-refractivity contribution < 1.29 is 4.74 Å². The molecule has 1 fully saturated rings. The van der Waals surface area contributed by atoms with Crippen LogP contribution in [0.3, 0.4) is 0 Å². The zero-order valence-corrected chi connectivity index (χ0v) is 19.7. The van der Waals surface area contributed by atoms with Crippen LogP contribution in [0.5, 0.6) is 0 Å². The van der Waals surface area contributed by atoms with E-state index in [2.05, 4.69) is 27.8 Å². The van der Waals surface area contributed by atoms with Crippen LogP contribution in [-0.4, -0.2) is 47.5 Å². The molecule has 27 heavy (non-hydrogen) atoms. The summed E-state index contributed by atoms with van der Waals surface area (Å²) in [4.78, 5) is 4.75. The SMILES string of the molecule is CCCCNC(=NCc1nnc(C)n1C)NCC1(CCOC)CCCC1.I. The largest absolute Gasteiger partial charge is 0.385 e. The van der Waals surface area contributed by atoms with Crippen molar-refractivity contribution in [1.29, 1.82) is 0 Å². The number of guanidine groups is 1. The van der Waals surface area contributed by atoms with Gasteiger partial charge in [-0.3, -0.25) is 0 Å². The van der Waals surface area contributed by atoms with Gasteiger partial charge in [-0.1, -0.05) is 26.2 Å². The van der Waals surface area contributed by atoms with E-state index in [0.29, 0.717) is 12.0 Å². The Morgan fingerprint density at radius 3 is 2.59 bits per heavy atom. The molecule has 1 aromatic rings. The van der Waals surface area contributed by atoms with Crippen molar-refractivity contribution in [3.05, 3.63) is 11.6 Å². The van der Waals surface area contributed by atoms with Gasteiger partial charge in [0.2, 0.25) is 0 Å². The maximum Gasteiger partial charge on any atom is 0.191 e. The third kappa shape index (κ3) is 7.56. The number of aryl methyl sites for hydroxylation is 1. The van der Waals surface area contributed by atoms with E-state index in [4.69, 9.17) is 9.73 Å². The van der Waals surface area contributed by atoms with Crippen LogP contribution in [0, 0.1) is 12.3 Å². The van der Waals surface area contributed by atoms with Crippen LogP contribution >= 0.6 is 24.0 Å². The summed E-state index contributed by atoms with van der Waals surface area (Å²) in [5, 5.41) is 15.4. The number of methoxy groups -OCH3 is 1. The monoisotopic (exact) mass is 492 g/mol. The quantitative estimate of drug-likeness (QED) is 0.227. The fourth-order valence-electron chi connectivity index (χ4n) is 3.53. The van der Waals surface area contributed by atoms with Crippen molar-refractivity contribution in [3.8, 4) is 0 Å². The Bertz CT molecular complexity index is 569. The zero-order chi connectivity index (χ0) is 18.8. The minimum atomic E-state index is 0. The summed E-state index contributed by atoms with van der Waals surface area (Å²) in [6.07, 6.45) is 8.60. The van der Waals surface area contributed by atoms with Crippen LogP contribution in [0.1, 0.15) is 63.5 Å². The fourth-order valence-corrected chi connectivity index (χ4v) is 3.53. The molecule has 8 heteroatoms. The molecule has 0 radical (unpaired) electrons. The second-order valence-electron chi connectivity index (χ2n) is 7.47. The molecule has 1 saturated carbocycles. The summed E-state index contributed by atoms with van der Waals surface area (Å²) in [6.45, 7) is 7.40.